The van der Waals surface area contributed by atoms with Crippen LogP contribution in [-0.2, 0) is 6.54 Å². The summed E-state index contributed by atoms with van der Waals surface area (Å²) in [6.45, 7) is 4.45. The molecule has 2 N–H and O–H groups in total. The van der Waals surface area contributed by atoms with Crippen LogP contribution in [0.2, 0.25) is 0 Å². The van der Waals surface area contributed by atoms with Gasteiger partial charge in [-0.3, -0.25) is 4.68 Å². The maximum atomic E-state index is 5.88. The van der Waals surface area contributed by atoms with E-state index >= 15 is 0 Å². The minimum Gasteiger partial charge on any atom is -0.481 e. The fraction of sp³-hybridized carbons (Fsp3) is 0.333. The zero-order chi connectivity index (χ0) is 12.4. The average molecular weight is 232 g/mol. The Morgan fingerprint density at radius 2 is 2.12 bits per heavy atom. The molecule has 90 valence electrons. The first kappa shape index (κ1) is 11.4. The summed E-state index contributed by atoms with van der Waals surface area (Å²) < 4.78 is 6.94. The third-order valence-corrected chi connectivity index (χ3v) is 2.74. The van der Waals surface area contributed by atoms with E-state index in [2.05, 4.69) is 10.1 Å². The Morgan fingerprint density at radius 3 is 2.71 bits per heavy atom. The highest BCUT2D eigenvalue weighted by molar-refractivity contribution is 5.46. The number of hydrogen-bond acceptors (Lipinski definition) is 4. The molecule has 0 saturated heterocycles. The van der Waals surface area contributed by atoms with Crippen LogP contribution in [-0.4, -0.2) is 21.9 Å². The average Bonchev–Trinajstić information content (AvgIpc) is 2.57. The van der Waals surface area contributed by atoms with Crippen molar-refractivity contribution in [3.05, 3.63) is 35.3 Å². The van der Waals surface area contributed by atoms with E-state index in [9.17, 15) is 0 Å². The third-order valence-electron chi connectivity index (χ3n) is 2.74. The predicted molar refractivity (Wildman–Crippen MR) is 66.0 cm³/mol. The Labute approximate surface area is 100 Å². The van der Waals surface area contributed by atoms with Gasteiger partial charge in [0.1, 0.15) is 0 Å². The van der Waals surface area contributed by atoms with Gasteiger partial charge in [0.2, 0.25) is 5.88 Å². The van der Waals surface area contributed by atoms with Gasteiger partial charge in [-0.2, -0.15) is 5.10 Å². The number of nitrogens with zero attached hydrogens (tertiary/aromatic N) is 3. The fourth-order valence-corrected chi connectivity index (χ4v) is 1.68. The zero-order valence-corrected chi connectivity index (χ0v) is 10.3. The molecule has 5 heteroatoms. The Bertz CT molecular complexity index is 533. The van der Waals surface area contributed by atoms with E-state index in [0.29, 0.717) is 12.4 Å². The first-order chi connectivity index (χ1) is 8.11. The first-order valence-electron chi connectivity index (χ1n) is 5.41. The second-order valence-electron chi connectivity index (χ2n) is 3.91. The lowest BCUT2D eigenvalue weighted by Gasteiger charge is -2.05. The van der Waals surface area contributed by atoms with Crippen LogP contribution in [0.1, 0.15) is 17.1 Å². The molecule has 17 heavy (non-hydrogen) atoms. The molecule has 0 unspecified atom stereocenters. The molecule has 0 bridgehead atoms. The number of hydrogen-bond donors (Lipinski definition) is 1. The lowest BCUT2D eigenvalue weighted by Crippen LogP contribution is -2.06. The van der Waals surface area contributed by atoms with Crippen LogP contribution >= 0.6 is 0 Å². The van der Waals surface area contributed by atoms with E-state index in [-0.39, 0.29) is 0 Å². The van der Waals surface area contributed by atoms with Crippen LogP contribution in [0.25, 0.3) is 0 Å². The van der Waals surface area contributed by atoms with Crippen LogP contribution in [0.5, 0.6) is 5.88 Å². The van der Waals surface area contributed by atoms with Crippen molar-refractivity contribution in [1.82, 2.24) is 14.8 Å². The molecule has 0 atom stereocenters. The molecule has 0 aromatic carbocycles. The van der Waals surface area contributed by atoms with E-state index in [1.54, 1.807) is 7.11 Å². The smallest absolute Gasteiger partial charge is 0.213 e. The molecular formula is C12H16N4O. The van der Waals surface area contributed by atoms with Crippen molar-refractivity contribution < 1.29 is 4.74 Å². The number of ether oxygens (including phenoxy) is 1. The monoisotopic (exact) mass is 232 g/mol. The normalized spacial score (nSPS) is 10.5. The van der Waals surface area contributed by atoms with Crippen molar-refractivity contribution in [2.24, 2.45) is 0 Å². The van der Waals surface area contributed by atoms with E-state index in [0.717, 1.165) is 22.8 Å². The summed E-state index contributed by atoms with van der Waals surface area (Å²) in [6.07, 6.45) is 0. The molecule has 2 aromatic rings. The predicted octanol–water partition coefficient (Wildman–Crippen LogP) is 1.53. The molecule has 2 aromatic heterocycles. The number of anilines is 1. The van der Waals surface area contributed by atoms with Crippen LogP contribution < -0.4 is 10.5 Å². The number of nitrogens with two attached hydrogens (primary N) is 1. The minimum atomic E-state index is 0.598. The molecule has 0 aliphatic rings. The van der Waals surface area contributed by atoms with Gasteiger partial charge in [-0.05, 0) is 19.9 Å². The Balaban J connectivity index is 2.28. The molecule has 0 spiro atoms. The molecule has 0 amide bonds. The second-order valence-corrected chi connectivity index (χ2v) is 3.91. The zero-order valence-electron chi connectivity index (χ0n) is 10.3. The first-order valence-corrected chi connectivity index (χ1v) is 5.41. The number of aryl methyl sites for hydroxylation is 1. The number of pyridine rings is 1. The minimum absolute atomic E-state index is 0.598. The molecular weight excluding hydrogens is 216 g/mol. The highest BCUT2D eigenvalue weighted by atomic mass is 16.5. The second kappa shape index (κ2) is 4.45. The fourth-order valence-electron chi connectivity index (χ4n) is 1.68. The van der Waals surface area contributed by atoms with Crippen molar-refractivity contribution in [1.29, 1.82) is 0 Å². The molecule has 0 aliphatic carbocycles. The third kappa shape index (κ3) is 2.22. The number of rotatable bonds is 3. The van der Waals surface area contributed by atoms with Crippen molar-refractivity contribution in [3.63, 3.8) is 0 Å². The highest BCUT2D eigenvalue weighted by Crippen LogP contribution is 2.16. The number of nitrogen functional groups attached to an aromatic ring is 1. The molecule has 5 nitrogen and oxygen atoms in total. The van der Waals surface area contributed by atoms with E-state index in [4.69, 9.17) is 10.5 Å². The van der Waals surface area contributed by atoms with Gasteiger partial charge in [0.15, 0.2) is 0 Å². The lowest BCUT2D eigenvalue weighted by atomic mass is 10.3. The van der Waals surface area contributed by atoms with E-state index in [1.165, 1.54) is 0 Å². The van der Waals surface area contributed by atoms with Gasteiger partial charge in [0, 0.05) is 6.07 Å². The van der Waals surface area contributed by atoms with Gasteiger partial charge in [-0.1, -0.05) is 6.07 Å². The number of methoxy groups -OCH3 is 1. The summed E-state index contributed by atoms with van der Waals surface area (Å²) in [6, 6.07) is 5.67. The van der Waals surface area contributed by atoms with Crippen molar-refractivity contribution >= 4 is 5.69 Å². The highest BCUT2D eigenvalue weighted by Gasteiger charge is 2.09. The van der Waals surface area contributed by atoms with Crippen LogP contribution in [0.15, 0.2) is 18.2 Å². The molecule has 0 saturated carbocycles. The summed E-state index contributed by atoms with van der Waals surface area (Å²) in [4.78, 5) is 4.34. The summed E-state index contributed by atoms with van der Waals surface area (Å²) in [5, 5.41) is 4.37. The molecule has 2 rings (SSSR count). The van der Waals surface area contributed by atoms with Gasteiger partial charge in [0.25, 0.3) is 0 Å². The van der Waals surface area contributed by atoms with Crippen molar-refractivity contribution in [2.45, 2.75) is 20.4 Å². The molecule has 0 aliphatic heterocycles. The summed E-state index contributed by atoms with van der Waals surface area (Å²) >= 11 is 0. The maximum absolute atomic E-state index is 5.88. The Morgan fingerprint density at radius 1 is 1.35 bits per heavy atom. The maximum Gasteiger partial charge on any atom is 0.213 e. The summed E-state index contributed by atoms with van der Waals surface area (Å²) in [7, 11) is 1.60. The lowest BCUT2D eigenvalue weighted by molar-refractivity contribution is 0.395. The SMILES string of the molecule is COc1cccc(Cn2nc(C)c(N)c2C)n1. The van der Waals surface area contributed by atoms with Gasteiger partial charge in [0.05, 0.1) is 36.4 Å². The Hall–Kier alpha value is -2.04. The standard InChI is InChI=1S/C12H16N4O/c1-8-12(13)9(2)16(15-8)7-10-5-4-6-11(14-10)17-3/h4-6H,7,13H2,1-3H3. The quantitative estimate of drug-likeness (QED) is 0.871. The van der Waals surface area contributed by atoms with E-state index in [1.807, 2.05) is 36.7 Å². The van der Waals surface area contributed by atoms with E-state index < -0.39 is 0 Å². The van der Waals surface area contributed by atoms with Gasteiger partial charge >= 0.3 is 0 Å². The van der Waals surface area contributed by atoms with Gasteiger partial charge in [-0.15, -0.1) is 0 Å². The molecule has 0 radical (unpaired) electrons. The van der Waals surface area contributed by atoms with Crippen LogP contribution in [0.4, 0.5) is 5.69 Å². The van der Waals surface area contributed by atoms with Crippen LogP contribution in [0.3, 0.4) is 0 Å². The Kier molecular flexibility index (Phi) is 2.99. The molecule has 0 fully saturated rings. The van der Waals surface area contributed by atoms with Gasteiger partial charge in [-0.25, -0.2) is 4.98 Å². The largest absolute Gasteiger partial charge is 0.481 e. The molecule has 2 heterocycles. The van der Waals surface area contributed by atoms with Gasteiger partial charge < -0.3 is 10.5 Å². The van der Waals surface area contributed by atoms with Crippen LogP contribution in [0, 0.1) is 13.8 Å². The van der Waals surface area contributed by atoms with Crippen molar-refractivity contribution in [2.75, 3.05) is 12.8 Å². The summed E-state index contributed by atoms with van der Waals surface area (Å²) in [5.74, 6) is 0.608. The number of aromatic nitrogens is 3. The topological polar surface area (TPSA) is 66.0 Å². The summed E-state index contributed by atoms with van der Waals surface area (Å²) in [5.41, 5.74) is 9.34. The van der Waals surface area contributed by atoms with Crippen molar-refractivity contribution in [3.8, 4) is 5.88 Å².